The van der Waals surface area contributed by atoms with E-state index in [0.29, 0.717) is 5.75 Å². The number of nitrogens with zero attached hydrogens (tertiary/aromatic N) is 1. The third kappa shape index (κ3) is 3.25. The first-order valence-corrected chi connectivity index (χ1v) is 5.32. The van der Waals surface area contributed by atoms with Gasteiger partial charge in [0.15, 0.2) is 0 Å². The second-order valence-electron chi connectivity index (χ2n) is 3.56. The molecule has 0 aliphatic carbocycles. The predicted octanol–water partition coefficient (Wildman–Crippen LogP) is 3.16. The normalized spacial score (nSPS) is 9.35. The maximum Gasteiger partial charge on any atom is 0.292 e. The molecule has 1 N–H and O–H groups in total. The third-order valence-electron chi connectivity index (χ3n) is 2.36. The third-order valence-corrected chi connectivity index (χ3v) is 2.36. The van der Waals surface area contributed by atoms with Gasteiger partial charge in [-0.05, 0) is 29.8 Å². The second kappa shape index (κ2) is 5.57. The summed E-state index contributed by atoms with van der Waals surface area (Å²) in [6.45, 7) is 0.777. The van der Waals surface area contributed by atoms with Crippen LogP contribution in [0.1, 0.15) is 5.56 Å². The van der Waals surface area contributed by atoms with Gasteiger partial charge >= 0.3 is 0 Å². The molecule has 0 amide bonds. The van der Waals surface area contributed by atoms with Gasteiger partial charge in [0.2, 0.25) is 0 Å². The molecular weight excluding hydrogens is 212 g/mol. The van der Waals surface area contributed by atoms with Crippen LogP contribution < -0.4 is 10.1 Å². The molecule has 2 rings (SSSR count). The van der Waals surface area contributed by atoms with Crippen LogP contribution in [0.25, 0.3) is 0 Å². The minimum atomic E-state index is 0.553. The van der Waals surface area contributed by atoms with E-state index in [4.69, 9.17) is 10.00 Å². The summed E-state index contributed by atoms with van der Waals surface area (Å²) in [6.07, 6.45) is 1.64. The van der Waals surface area contributed by atoms with Crippen LogP contribution in [0, 0.1) is 11.5 Å². The number of nitriles is 1. The zero-order valence-corrected chi connectivity index (χ0v) is 9.26. The van der Waals surface area contributed by atoms with E-state index in [2.05, 4.69) is 17.4 Å². The first-order valence-electron chi connectivity index (χ1n) is 5.32. The van der Waals surface area contributed by atoms with Crippen molar-refractivity contribution < 1.29 is 4.74 Å². The Morgan fingerprint density at radius 1 is 1.00 bits per heavy atom. The van der Waals surface area contributed by atoms with Crippen molar-refractivity contribution in [1.29, 1.82) is 5.26 Å². The summed E-state index contributed by atoms with van der Waals surface area (Å²) in [4.78, 5) is 0. The van der Waals surface area contributed by atoms with E-state index < -0.39 is 0 Å². The van der Waals surface area contributed by atoms with Gasteiger partial charge in [0.05, 0.1) is 0 Å². The number of benzene rings is 2. The van der Waals surface area contributed by atoms with Gasteiger partial charge in [-0.3, -0.25) is 0 Å². The summed E-state index contributed by atoms with van der Waals surface area (Å²) in [5.41, 5.74) is 2.23. The van der Waals surface area contributed by atoms with Crippen molar-refractivity contribution in [3.05, 3.63) is 60.2 Å². The van der Waals surface area contributed by atoms with Crippen LogP contribution in [0.5, 0.6) is 5.75 Å². The Labute approximate surface area is 100 Å². The van der Waals surface area contributed by atoms with Gasteiger partial charge in [0.1, 0.15) is 5.75 Å². The topological polar surface area (TPSA) is 45.0 Å². The molecule has 0 aliphatic rings. The maximum atomic E-state index is 8.35. The molecule has 0 aliphatic heterocycles. The van der Waals surface area contributed by atoms with Crippen LogP contribution in [0.4, 0.5) is 5.69 Å². The molecule has 0 spiro atoms. The Bertz CT molecular complexity index is 500. The van der Waals surface area contributed by atoms with Crippen LogP contribution in [-0.2, 0) is 6.54 Å². The van der Waals surface area contributed by atoms with Gasteiger partial charge in [0, 0.05) is 12.2 Å². The molecule has 0 saturated heterocycles. The number of anilines is 1. The zero-order valence-electron chi connectivity index (χ0n) is 9.26. The molecule has 17 heavy (non-hydrogen) atoms. The first kappa shape index (κ1) is 11.0. The summed E-state index contributed by atoms with van der Waals surface area (Å²) >= 11 is 0. The van der Waals surface area contributed by atoms with E-state index in [1.165, 1.54) is 5.56 Å². The van der Waals surface area contributed by atoms with Crippen molar-refractivity contribution in [1.82, 2.24) is 0 Å². The lowest BCUT2D eigenvalue weighted by Crippen LogP contribution is -1.98. The quantitative estimate of drug-likeness (QED) is 0.811. The molecule has 0 aromatic heterocycles. The molecule has 3 nitrogen and oxygen atoms in total. The molecule has 0 bridgehead atoms. The summed E-state index contributed by atoms with van der Waals surface area (Å²) in [5.74, 6) is 0.553. The van der Waals surface area contributed by atoms with Crippen molar-refractivity contribution in [2.24, 2.45) is 0 Å². The summed E-state index contributed by atoms with van der Waals surface area (Å²) in [5, 5.41) is 11.6. The maximum absolute atomic E-state index is 8.35. The van der Waals surface area contributed by atoms with Crippen molar-refractivity contribution in [2.45, 2.75) is 6.54 Å². The highest BCUT2D eigenvalue weighted by molar-refractivity contribution is 5.46. The highest BCUT2D eigenvalue weighted by Gasteiger charge is 1.95. The molecule has 3 heteroatoms. The molecule has 0 unspecified atom stereocenters. The Kier molecular flexibility index (Phi) is 3.61. The molecule has 0 saturated carbocycles. The van der Waals surface area contributed by atoms with Gasteiger partial charge in [-0.2, -0.15) is 0 Å². The van der Waals surface area contributed by atoms with E-state index in [1.807, 2.05) is 30.3 Å². The standard InChI is InChI=1S/C14H12N2O/c15-11-17-14-8-6-13(7-9-14)16-10-12-4-2-1-3-5-12/h1-9,16H,10H2. The number of ether oxygens (including phenoxy) is 1. The Morgan fingerprint density at radius 3 is 2.35 bits per heavy atom. The lowest BCUT2D eigenvalue weighted by molar-refractivity contribution is 0.507. The average molecular weight is 224 g/mol. The molecule has 0 heterocycles. The number of nitrogens with one attached hydrogen (secondary N) is 1. The highest BCUT2D eigenvalue weighted by Crippen LogP contribution is 2.16. The summed E-state index contributed by atoms with van der Waals surface area (Å²) in [6, 6.07) is 17.5. The Balaban J connectivity index is 1.94. The fourth-order valence-corrected chi connectivity index (χ4v) is 1.49. The average Bonchev–Trinajstić information content (AvgIpc) is 2.40. The van der Waals surface area contributed by atoms with E-state index in [0.717, 1.165) is 12.2 Å². The van der Waals surface area contributed by atoms with Crippen LogP contribution in [0.3, 0.4) is 0 Å². The van der Waals surface area contributed by atoms with Crippen molar-refractivity contribution in [3.8, 4) is 12.0 Å². The first-order chi connectivity index (χ1) is 8.38. The lowest BCUT2D eigenvalue weighted by Gasteiger charge is -2.06. The zero-order chi connectivity index (χ0) is 11.9. The Hall–Kier alpha value is -2.47. The minimum Gasteiger partial charge on any atom is -0.388 e. The molecule has 0 fully saturated rings. The van der Waals surface area contributed by atoms with Gasteiger partial charge in [-0.1, -0.05) is 30.3 Å². The van der Waals surface area contributed by atoms with Crippen molar-refractivity contribution in [2.75, 3.05) is 5.32 Å². The Morgan fingerprint density at radius 2 is 1.71 bits per heavy atom. The highest BCUT2D eigenvalue weighted by atomic mass is 16.5. The van der Waals surface area contributed by atoms with Gasteiger partial charge in [-0.25, -0.2) is 0 Å². The summed E-state index contributed by atoms with van der Waals surface area (Å²) < 4.78 is 4.70. The second-order valence-corrected chi connectivity index (χ2v) is 3.56. The molecule has 0 radical (unpaired) electrons. The molecule has 84 valence electrons. The fraction of sp³-hybridized carbons (Fsp3) is 0.0714. The molecule has 0 atom stereocenters. The SMILES string of the molecule is N#COc1ccc(NCc2ccccc2)cc1. The number of rotatable bonds is 4. The van der Waals surface area contributed by atoms with E-state index in [9.17, 15) is 0 Å². The predicted molar refractivity (Wildman–Crippen MR) is 66.5 cm³/mol. The molecule has 2 aromatic carbocycles. The van der Waals surface area contributed by atoms with E-state index in [-0.39, 0.29) is 0 Å². The van der Waals surface area contributed by atoms with Gasteiger partial charge < -0.3 is 10.1 Å². The smallest absolute Gasteiger partial charge is 0.292 e. The van der Waals surface area contributed by atoms with E-state index in [1.54, 1.807) is 18.4 Å². The minimum absolute atomic E-state index is 0.553. The lowest BCUT2D eigenvalue weighted by atomic mass is 10.2. The molecule has 2 aromatic rings. The number of hydrogen-bond acceptors (Lipinski definition) is 3. The van der Waals surface area contributed by atoms with Crippen molar-refractivity contribution >= 4 is 5.69 Å². The molecular formula is C14H12N2O. The van der Waals surface area contributed by atoms with Crippen LogP contribution >= 0.6 is 0 Å². The van der Waals surface area contributed by atoms with Crippen LogP contribution in [0.2, 0.25) is 0 Å². The number of hydrogen-bond donors (Lipinski definition) is 1. The monoisotopic (exact) mass is 224 g/mol. The van der Waals surface area contributed by atoms with Crippen molar-refractivity contribution in [3.63, 3.8) is 0 Å². The van der Waals surface area contributed by atoms with Gasteiger partial charge in [-0.15, -0.1) is 5.26 Å². The fourth-order valence-electron chi connectivity index (χ4n) is 1.49. The largest absolute Gasteiger partial charge is 0.388 e. The van der Waals surface area contributed by atoms with Gasteiger partial charge in [0.25, 0.3) is 6.26 Å². The van der Waals surface area contributed by atoms with Crippen LogP contribution in [0.15, 0.2) is 54.6 Å². The summed E-state index contributed by atoms with van der Waals surface area (Å²) in [7, 11) is 0. The van der Waals surface area contributed by atoms with E-state index >= 15 is 0 Å². The van der Waals surface area contributed by atoms with Crippen LogP contribution in [-0.4, -0.2) is 0 Å².